The Hall–Kier alpha value is -2.21. The number of benzene rings is 1. The Morgan fingerprint density at radius 2 is 2.05 bits per heavy atom. The summed E-state index contributed by atoms with van der Waals surface area (Å²) in [4.78, 5) is 13.1. The molecule has 2 rings (SSSR count). The van der Waals surface area contributed by atoms with E-state index in [1.807, 2.05) is 18.4 Å². The molecule has 3 nitrogen and oxygen atoms in total. The Morgan fingerprint density at radius 1 is 1.27 bits per heavy atom. The van der Waals surface area contributed by atoms with Gasteiger partial charge in [-0.1, -0.05) is 0 Å². The van der Waals surface area contributed by atoms with Crippen LogP contribution in [0.15, 0.2) is 35.7 Å². The molecule has 0 unspecified atom stereocenters. The highest BCUT2D eigenvalue weighted by atomic mass is 32.1. The number of hydrogen-bond donors (Lipinski definition) is 0. The van der Waals surface area contributed by atoms with Gasteiger partial charge in [-0.05, 0) is 54.3 Å². The van der Waals surface area contributed by atoms with Crippen LogP contribution in [0.3, 0.4) is 0 Å². The minimum absolute atomic E-state index is 0.0897. The predicted octanol–water partition coefficient (Wildman–Crippen LogP) is 4.56. The third-order valence-corrected chi connectivity index (χ3v) is 3.94. The number of aryl methyl sites for hydroxylation is 1. The molecule has 0 aliphatic heterocycles. The van der Waals surface area contributed by atoms with E-state index in [1.165, 1.54) is 42.7 Å². The molecule has 0 saturated carbocycles. The van der Waals surface area contributed by atoms with Crippen LogP contribution in [-0.2, 0) is 0 Å². The third kappa shape index (κ3) is 3.92. The number of thiophene rings is 1. The molecule has 0 amide bonds. The Balaban J connectivity index is 2.20. The van der Waals surface area contributed by atoms with Crippen LogP contribution in [0.1, 0.15) is 20.8 Å². The minimum Gasteiger partial charge on any atom is -0.493 e. The molecular weight excluding hydrogens is 310 g/mol. The van der Waals surface area contributed by atoms with E-state index in [9.17, 15) is 13.6 Å². The van der Waals surface area contributed by atoms with Crippen molar-refractivity contribution >= 4 is 23.2 Å². The molecule has 0 atom stereocenters. The fraction of sp³-hybridized carbons (Fsp3) is 0.188. The standard InChI is InChI=1S/C16H14F2O3S/c1-10-7-8-22-15(10)6-4-12(19)11-3-5-13(21-16(17)18)14(9-11)20-2/h3-9,16H,1-2H3/b6-4+. The van der Waals surface area contributed by atoms with E-state index in [2.05, 4.69) is 4.74 Å². The van der Waals surface area contributed by atoms with Crippen molar-refractivity contribution in [2.24, 2.45) is 0 Å². The molecule has 22 heavy (non-hydrogen) atoms. The zero-order chi connectivity index (χ0) is 16.1. The van der Waals surface area contributed by atoms with Crippen molar-refractivity contribution in [1.82, 2.24) is 0 Å². The number of carbonyl (C=O) groups excluding carboxylic acids is 1. The smallest absolute Gasteiger partial charge is 0.387 e. The number of halogens is 2. The number of allylic oxidation sites excluding steroid dienone is 1. The summed E-state index contributed by atoms with van der Waals surface area (Å²) in [7, 11) is 1.33. The largest absolute Gasteiger partial charge is 0.493 e. The molecule has 1 aromatic heterocycles. The van der Waals surface area contributed by atoms with E-state index >= 15 is 0 Å². The van der Waals surface area contributed by atoms with Gasteiger partial charge in [0.1, 0.15) is 0 Å². The number of carbonyl (C=O) groups is 1. The molecular formula is C16H14F2O3S. The van der Waals surface area contributed by atoms with Gasteiger partial charge in [-0.2, -0.15) is 8.78 Å². The van der Waals surface area contributed by atoms with E-state index < -0.39 is 6.61 Å². The molecule has 0 radical (unpaired) electrons. The highest BCUT2D eigenvalue weighted by Crippen LogP contribution is 2.29. The number of methoxy groups -OCH3 is 1. The van der Waals surface area contributed by atoms with Crippen LogP contribution in [0.25, 0.3) is 6.08 Å². The van der Waals surface area contributed by atoms with Crippen molar-refractivity contribution < 1.29 is 23.0 Å². The molecule has 6 heteroatoms. The van der Waals surface area contributed by atoms with Gasteiger partial charge in [-0.3, -0.25) is 4.79 Å². The van der Waals surface area contributed by atoms with Gasteiger partial charge in [0.2, 0.25) is 0 Å². The second-order valence-corrected chi connectivity index (χ2v) is 5.36. The minimum atomic E-state index is -2.95. The van der Waals surface area contributed by atoms with Crippen LogP contribution in [0, 0.1) is 6.92 Å². The quantitative estimate of drug-likeness (QED) is 0.577. The topological polar surface area (TPSA) is 35.5 Å². The van der Waals surface area contributed by atoms with Gasteiger partial charge in [0.05, 0.1) is 7.11 Å². The third-order valence-electron chi connectivity index (χ3n) is 2.95. The van der Waals surface area contributed by atoms with Crippen LogP contribution in [0.2, 0.25) is 0 Å². The van der Waals surface area contributed by atoms with Crippen molar-refractivity contribution in [3.05, 3.63) is 51.7 Å². The number of alkyl halides is 2. The number of hydrogen-bond acceptors (Lipinski definition) is 4. The number of ether oxygens (including phenoxy) is 2. The average molecular weight is 324 g/mol. The zero-order valence-electron chi connectivity index (χ0n) is 12.0. The van der Waals surface area contributed by atoms with Crippen LogP contribution in [-0.4, -0.2) is 19.5 Å². The fourth-order valence-corrected chi connectivity index (χ4v) is 2.64. The van der Waals surface area contributed by atoms with Gasteiger partial charge < -0.3 is 9.47 Å². The summed E-state index contributed by atoms with van der Waals surface area (Å²) >= 11 is 1.54. The van der Waals surface area contributed by atoms with E-state index in [-0.39, 0.29) is 17.3 Å². The van der Waals surface area contributed by atoms with Crippen LogP contribution in [0.4, 0.5) is 8.78 Å². The van der Waals surface area contributed by atoms with Crippen LogP contribution >= 0.6 is 11.3 Å². The lowest BCUT2D eigenvalue weighted by Gasteiger charge is -2.10. The highest BCUT2D eigenvalue weighted by molar-refractivity contribution is 7.11. The lowest BCUT2D eigenvalue weighted by Crippen LogP contribution is -2.04. The lowest BCUT2D eigenvalue weighted by atomic mass is 10.1. The summed E-state index contributed by atoms with van der Waals surface area (Å²) in [5.41, 5.74) is 1.43. The first-order chi connectivity index (χ1) is 10.5. The predicted molar refractivity (Wildman–Crippen MR) is 82.0 cm³/mol. The van der Waals surface area contributed by atoms with Gasteiger partial charge in [-0.25, -0.2) is 0 Å². The first kappa shape index (κ1) is 16.2. The Labute approximate surface area is 130 Å². The summed E-state index contributed by atoms with van der Waals surface area (Å²) in [5, 5.41) is 1.94. The number of ketones is 1. The van der Waals surface area contributed by atoms with Crippen LogP contribution < -0.4 is 9.47 Å². The SMILES string of the molecule is COc1cc(C(=O)/C=C/c2sccc2C)ccc1OC(F)F. The van der Waals surface area contributed by atoms with E-state index in [0.717, 1.165) is 10.4 Å². The van der Waals surface area contributed by atoms with Gasteiger partial charge in [0.25, 0.3) is 0 Å². The molecule has 1 aromatic carbocycles. The molecule has 0 aliphatic carbocycles. The van der Waals surface area contributed by atoms with Crippen LogP contribution in [0.5, 0.6) is 11.5 Å². The van der Waals surface area contributed by atoms with Gasteiger partial charge in [-0.15, -0.1) is 11.3 Å². The molecule has 2 aromatic rings. The van der Waals surface area contributed by atoms with Crippen molar-refractivity contribution in [2.75, 3.05) is 7.11 Å². The maximum Gasteiger partial charge on any atom is 0.387 e. The second kappa shape index (κ2) is 7.17. The molecule has 0 saturated heterocycles. The van der Waals surface area contributed by atoms with E-state index in [4.69, 9.17) is 4.74 Å². The van der Waals surface area contributed by atoms with E-state index in [0.29, 0.717) is 5.56 Å². The highest BCUT2D eigenvalue weighted by Gasteiger charge is 2.13. The van der Waals surface area contributed by atoms with Crippen molar-refractivity contribution in [3.8, 4) is 11.5 Å². The normalized spacial score (nSPS) is 11.1. The maximum atomic E-state index is 12.3. The maximum absolute atomic E-state index is 12.3. The molecule has 0 fully saturated rings. The second-order valence-electron chi connectivity index (χ2n) is 4.41. The van der Waals surface area contributed by atoms with Gasteiger partial charge >= 0.3 is 6.61 Å². The first-order valence-corrected chi connectivity index (χ1v) is 7.28. The van der Waals surface area contributed by atoms with Crippen molar-refractivity contribution in [1.29, 1.82) is 0 Å². The summed E-state index contributed by atoms with van der Waals surface area (Å²) in [5.74, 6) is -0.256. The molecule has 116 valence electrons. The molecule has 0 bridgehead atoms. The number of rotatable bonds is 6. The molecule has 0 N–H and O–H groups in total. The summed E-state index contributed by atoms with van der Waals surface area (Å²) in [6.07, 6.45) is 3.18. The van der Waals surface area contributed by atoms with Gasteiger partial charge in [0, 0.05) is 10.4 Å². The monoisotopic (exact) mass is 324 g/mol. The Kier molecular flexibility index (Phi) is 5.27. The molecule has 1 heterocycles. The summed E-state index contributed by atoms with van der Waals surface area (Å²) in [6, 6.07) is 6.07. The zero-order valence-corrected chi connectivity index (χ0v) is 12.8. The summed E-state index contributed by atoms with van der Waals surface area (Å²) in [6.45, 7) is -0.989. The molecule has 0 aliphatic rings. The van der Waals surface area contributed by atoms with Gasteiger partial charge in [0.15, 0.2) is 17.3 Å². The Bertz CT molecular complexity index is 692. The van der Waals surface area contributed by atoms with Crippen molar-refractivity contribution in [2.45, 2.75) is 13.5 Å². The lowest BCUT2D eigenvalue weighted by molar-refractivity contribution is -0.0512. The Morgan fingerprint density at radius 3 is 2.64 bits per heavy atom. The van der Waals surface area contributed by atoms with Crippen molar-refractivity contribution in [3.63, 3.8) is 0 Å². The summed E-state index contributed by atoms with van der Waals surface area (Å²) < 4.78 is 33.8. The first-order valence-electron chi connectivity index (χ1n) is 6.40. The van der Waals surface area contributed by atoms with E-state index in [1.54, 1.807) is 6.08 Å². The average Bonchev–Trinajstić information content (AvgIpc) is 2.90. The molecule has 0 spiro atoms. The fourth-order valence-electron chi connectivity index (χ4n) is 1.82.